The number of benzene rings is 2. The lowest BCUT2D eigenvalue weighted by atomic mass is 9.81. The average Bonchev–Trinajstić information content (AvgIpc) is 3.46. The fraction of sp³-hybridized carbons (Fsp3) is 0.222. The number of hydrogen-bond acceptors (Lipinski definition) is 9. The molecule has 2 aromatic carbocycles. The lowest BCUT2D eigenvalue weighted by molar-refractivity contribution is -0.0746. The van der Waals surface area contributed by atoms with Crippen LogP contribution in [0.5, 0.6) is 0 Å². The van der Waals surface area contributed by atoms with E-state index in [0.717, 1.165) is 13.3 Å². The van der Waals surface area contributed by atoms with E-state index >= 15 is 4.39 Å². The molecule has 1 fully saturated rings. The number of halogens is 1. The number of nitrogens with two attached hydrogens (primary N) is 1. The Kier molecular flexibility index (Phi) is 6.26. The van der Waals surface area contributed by atoms with Gasteiger partial charge in [0.2, 0.25) is 5.60 Å². The van der Waals surface area contributed by atoms with Gasteiger partial charge in [-0.1, -0.05) is 36.4 Å². The second-order valence-corrected chi connectivity index (χ2v) is 8.84. The van der Waals surface area contributed by atoms with Crippen molar-refractivity contribution in [2.75, 3.05) is 12.3 Å². The number of aromatic nitrogens is 3. The number of hydrogen-bond donors (Lipinski definition) is 1. The number of anilines is 1. The van der Waals surface area contributed by atoms with Crippen LogP contribution < -0.4 is 5.73 Å². The molecule has 11 heteroatoms. The third kappa shape index (κ3) is 4.01. The standard InChI is InChI=1S/C27H22FN5O5/c1-26(28)22(37-25(35)18-10-6-3-7-11-18)20(14-36-24(34)17-8-4-2-5-9-17)38-27(26,15-29)21-13-12-19-23(30)31-16-32-33(19)21/h2-13,16,20,22H,14H2,1H3,(H2,30,31,32)/t20-,22?,26-,27?/m1/s1. The van der Waals surface area contributed by atoms with Crippen LogP contribution in [0, 0.1) is 11.3 Å². The summed E-state index contributed by atoms with van der Waals surface area (Å²) in [6, 6.07) is 21.1. The number of ether oxygens (including phenoxy) is 3. The molecule has 1 aliphatic rings. The Bertz CT molecular complexity index is 1540. The zero-order chi connectivity index (χ0) is 26.9. The number of esters is 2. The Morgan fingerprint density at radius 2 is 1.71 bits per heavy atom. The molecule has 0 saturated carbocycles. The van der Waals surface area contributed by atoms with Crippen LogP contribution in [0.4, 0.5) is 10.2 Å². The zero-order valence-corrected chi connectivity index (χ0v) is 20.2. The van der Waals surface area contributed by atoms with Crippen molar-refractivity contribution in [1.29, 1.82) is 5.26 Å². The maximum absolute atomic E-state index is 16.9. The molecule has 192 valence electrons. The summed E-state index contributed by atoms with van der Waals surface area (Å²) in [5, 5.41) is 14.5. The van der Waals surface area contributed by atoms with Gasteiger partial charge in [-0.15, -0.1) is 0 Å². The fourth-order valence-corrected chi connectivity index (χ4v) is 4.56. The monoisotopic (exact) mass is 515 g/mol. The van der Waals surface area contributed by atoms with E-state index in [1.807, 2.05) is 6.07 Å². The minimum absolute atomic E-state index is 0.00625. The van der Waals surface area contributed by atoms with E-state index in [2.05, 4.69) is 10.1 Å². The summed E-state index contributed by atoms with van der Waals surface area (Å²) in [7, 11) is 0. The van der Waals surface area contributed by atoms with Crippen molar-refractivity contribution in [3.8, 4) is 6.07 Å². The fourth-order valence-electron chi connectivity index (χ4n) is 4.56. The highest BCUT2D eigenvalue weighted by Crippen LogP contribution is 2.51. The minimum Gasteiger partial charge on any atom is -0.459 e. The Morgan fingerprint density at radius 3 is 2.34 bits per heavy atom. The van der Waals surface area contributed by atoms with Crippen LogP contribution in [0.3, 0.4) is 0 Å². The van der Waals surface area contributed by atoms with Crippen molar-refractivity contribution in [3.05, 3.63) is 95.9 Å². The summed E-state index contributed by atoms with van der Waals surface area (Å²) in [4.78, 5) is 29.5. The quantitative estimate of drug-likeness (QED) is 0.383. The molecule has 38 heavy (non-hydrogen) atoms. The first-order chi connectivity index (χ1) is 18.3. The molecule has 0 radical (unpaired) electrons. The molecule has 4 atom stereocenters. The van der Waals surface area contributed by atoms with E-state index in [-0.39, 0.29) is 22.6 Å². The van der Waals surface area contributed by atoms with E-state index in [0.29, 0.717) is 5.52 Å². The van der Waals surface area contributed by atoms with Gasteiger partial charge in [-0.05, 0) is 43.3 Å². The SMILES string of the molecule is C[C@@]1(F)C(OC(=O)c2ccccc2)[C@@H](COC(=O)c2ccccc2)OC1(C#N)c1ccc2c(N)ncnn12. The predicted octanol–water partition coefficient (Wildman–Crippen LogP) is 3.24. The maximum Gasteiger partial charge on any atom is 0.338 e. The number of fused-ring (bicyclic) bond motifs is 1. The molecular formula is C27H22FN5O5. The molecule has 4 aromatic rings. The molecule has 2 aromatic heterocycles. The third-order valence-corrected chi connectivity index (χ3v) is 6.52. The van der Waals surface area contributed by atoms with Crippen molar-refractivity contribution >= 4 is 23.3 Å². The number of carbonyl (C=O) groups is 2. The molecule has 1 saturated heterocycles. The molecule has 0 spiro atoms. The van der Waals surface area contributed by atoms with Gasteiger partial charge in [-0.25, -0.2) is 23.5 Å². The van der Waals surface area contributed by atoms with Crippen LogP contribution in [-0.2, 0) is 19.8 Å². The summed E-state index contributed by atoms with van der Waals surface area (Å²) in [6.07, 6.45) is -1.81. The summed E-state index contributed by atoms with van der Waals surface area (Å²) < 4.78 is 35.2. The topological polar surface area (TPSA) is 142 Å². The molecule has 10 nitrogen and oxygen atoms in total. The van der Waals surface area contributed by atoms with Crippen molar-refractivity contribution in [1.82, 2.24) is 14.6 Å². The molecule has 0 amide bonds. The normalized spacial score (nSPS) is 24.6. The van der Waals surface area contributed by atoms with Crippen LogP contribution in [0.2, 0.25) is 0 Å². The first-order valence-corrected chi connectivity index (χ1v) is 11.6. The largest absolute Gasteiger partial charge is 0.459 e. The van der Waals surface area contributed by atoms with E-state index in [4.69, 9.17) is 19.9 Å². The minimum atomic E-state index is -2.62. The molecule has 0 aliphatic carbocycles. The van der Waals surface area contributed by atoms with Gasteiger partial charge in [-0.2, -0.15) is 10.4 Å². The van der Waals surface area contributed by atoms with Gasteiger partial charge >= 0.3 is 11.9 Å². The Hall–Kier alpha value is -4.82. The number of alkyl halides is 1. The highest BCUT2D eigenvalue weighted by atomic mass is 19.1. The van der Waals surface area contributed by atoms with Crippen LogP contribution in [-0.4, -0.2) is 51.0 Å². The first-order valence-electron chi connectivity index (χ1n) is 11.6. The number of nitrogen functional groups attached to an aromatic ring is 1. The predicted molar refractivity (Wildman–Crippen MR) is 131 cm³/mol. The van der Waals surface area contributed by atoms with E-state index in [9.17, 15) is 14.9 Å². The molecular weight excluding hydrogens is 493 g/mol. The Labute approximate surface area is 216 Å². The summed E-state index contributed by atoms with van der Waals surface area (Å²) in [6.45, 7) is 0.603. The molecule has 2 unspecified atom stereocenters. The molecule has 0 bridgehead atoms. The van der Waals surface area contributed by atoms with E-state index in [1.165, 1.54) is 28.8 Å². The lowest BCUT2D eigenvalue weighted by Crippen LogP contribution is -2.50. The third-order valence-electron chi connectivity index (χ3n) is 6.52. The van der Waals surface area contributed by atoms with Gasteiger partial charge in [-0.3, -0.25) is 0 Å². The molecule has 3 heterocycles. The first kappa shape index (κ1) is 24.9. The smallest absolute Gasteiger partial charge is 0.338 e. The van der Waals surface area contributed by atoms with Crippen molar-refractivity contribution < 1.29 is 28.2 Å². The second kappa shape index (κ2) is 9.57. The molecule has 2 N–H and O–H groups in total. The van der Waals surface area contributed by atoms with E-state index in [1.54, 1.807) is 48.5 Å². The molecule has 1 aliphatic heterocycles. The zero-order valence-electron chi connectivity index (χ0n) is 20.2. The van der Waals surface area contributed by atoms with Crippen molar-refractivity contribution in [3.63, 3.8) is 0 Å². The Morgan fingerprint density at radius 1 is 1.08 bits per heavy atom. The number of nitriles is 1. The highest BCUT2D eigenvalue weighted by molar-refractivity contribution is 5.90. The number of carbonyl (C=O) groups excluding carboxylic acids is 2. The molecule has 5 rings (SSSR count). The van der Waals surface area contributed by atoms with Crippen LogP contribution >= 0.6 is 0 Å². The van der Waals surface area contributed by atoms with Crippen LogP contribution in [0.25, 0.3) is 5.52 Å². The average molecular weight is 516 g/mol. The summed E-state index contributed by atoms with van der Waals surface area (Å²) >= 11 is 0. The van der Waals surface area contributed by atoms with Gasteiger partial charge in [0.25, 0.3) is 0 Å². The van der Waals surface area contributed by atoms with Gasteiger partial charge < -0.3 is 19.9 Å². The van der Waals surface area contributed by atoms with Crippen molar-refractivity contribution in [2.45, 2.75) is 30.4 Å². The maximum atomic E-state index is 16.9. The highest BCUT2D eigenvalue weighted by Gasteiger charge is 2.69. The van der Waals surface area contributed by atoms with Crippen molar-refractivity contribution in [2.24, 2.45) is 0 Å². The van der Waals surface area contributed by atoms with Gasteiger partial charge in [0, 0.05) is 0 Å². The summed E-state index contributed by atoms with van der Waals surface area (Å²) in [5.41, 5.74) is 1.76. The Balaban J connectivity index is 1.53. The lowest BCUT2D eigenvalue weighted by Gasteiger charge is -2.32. The van der Waals surface area contributed by atoms with Gasteiger partial charge in [0.05, 0.1) is 16.8 Å². The summed E-state index contributed by atoms with van der Waals surface area (Å²) in [5.74, 6) is -1.41. The number of rotatable bonds is 6. The van der Waals surface area contributed by atoms with Crippen LogP contribution in [0.15, 0.2) is 79.1 Å². The van der Waals surface area contributed by atoms with Gasteiger partial charge in [0.1, 0.15) is 30.6 Å². The van der Waals surface area contributed by atoms with Gasteiger partial charge in [0.15, 0.2) is 17.6 Å². The van der Waals surface area contributed by atoms with Crippen LogP contribution in [0.1, 0.15) is 33.3 Å². The second-order valence-electron chi connectivity index (χ2n) is 8.84. The number of nitrogens with zero attached hydrogens (tertiary/aromatic N) is 4. The van der Waals surface area contributed by atoms with E-state index < -0.39 is 42.0 Å².